The molecule has 1 aromatic carbocycles. The number of aromatic nitrogens is 1. The summed E-state index contributed by atoms with van der Waals surface area (Å²) in [4.78, 5) is 19.3. The van der Waals surface area contributed by atoms with Crippen LogP contribution in [0, 0.1) is 0 Å². The molecule has 1 N–H and O–H groups in total. The average molecular weight is 392 g/mol. The summed E-state index contributed by atoms with van der Waals surface area (Å²) in [7, 11) is 0. The molecule has 1 aromatic heterocycles. The Morgan fingerprint density at radius 2 is 2.00 bits per heavy atom. The van der Waals surface area contributed by atoms with Crippen LogP contribution in [0.25, 0.3) is 0 Å². The van der Waals surface area contributed by atoms with Crippen molar-refractivity contribution in [1.82, 2.24) is 15.2 Å². The molecule has 1 saturated carbocycles. The lowest BCUT2D eigenvalue weighted by molar-refractivity contribution is -0.122. The van der Waals surface area contributed by atoms with Crippen LogP contribution >= 0.6 is 0 Å². The standard InChI is InChI=1S/C24H29N3O2/c28-23(26-20-7-8-20)14-19-15-24(29-22-6-2-1-5-21(19)22)9-12-27(13-10-24)17-18-4-3-11-25-16-18/h1-6,11,16,19-20H,7-10,12-15,17H2,(H,26,28)/t19-/m1/s1. The van der Waals surface area contributed by atoms with E-state index in [1.54, 1.807) is 0 Å². The van der Waals surface area contributed by atoms with Gasteiger partial charge in [0.25, 0.3) is 0 Å². The number of amides is 1. The van der Waals surface area contributed by atoms with E-state index < -0.39 is 0 Å². The minimum Gasteiger partial charge on any atom is -0.487 e. The van der Waals surface area contributed by atoms with Crippen LogP contribution in [0.1, 0.15) is 55.6 Å². The highest BCUT2D eigenvalue weighted by molar-refractivity contribution is 5.77. The van der Waals surface area contributed by atoms with E-state index in [1.807, 2.05) is 24.5 Å². The van der Waals surface area contributed by atoms with Gasteiger partial charge in [0, 0.05) is 50.4 Å². The quantitative estimate of drug-likeness (QED) is 0.845. The molecule has 1 spiro atoms. The van der Waals surface area contributed by atoms with E-state index >= 15 is 0 Å². The molecule has 0 unspecified atom stereocenters. The molecule has 2 aromatic rings. The second-order valence-corrected chi connectivity index (χ2v) is 8.91. The van der Waals surface area contributed by atoms with Crippen molar-refractivity contribution in [1.29, 1.82) is 0 Å². The fraction of sp³-hybridized carbons (Fsp3) is 0.500. The third-order valence-electron chi connectivity index (χ3n) is 6.57. The van der Waals surface area contributed by atoms with Crippen LogP contribution in [0.3, 0.4) is 0 Å². The average Bonchev–Trinajstić information content (AvgIpc) is 3.55. The number of fused-ring (bicyclic) bond motifs is 1. The number of benzene rings is 1. The Hall–Kier alpha value is -2.40. The number of hydrogen-bond donors (Lipinski definition) is 1. The van der Waals surface area contributed by atoms with Crippen molar-refractivity contribution >= 4 is 5.91 Å². The predicted octanol–water partition coefficient (Wildman–Crippen LogP) is 3.65. The highest BCUT2D eigenvalue weighted by Crippen LogP contribution is 2.46. The van der Waals surface area contributed by atoms with Crippen LogP contribution < -0.4 is 10.1 Å². The molecule has 2 aliphatic heterocycles. The first-order valence-corrected chi connectivity index (χ1v) is 10.9. The highest BCUT2D eigenvalue weighted by atomic mass is 16.5. The van der Waals surface area contributed by atoms with Gasteiger partial charge in [-0.05, 0) is 55.4 Å². The molecule has 1 aliphatic carbocycles. The molecule has 5 heteroatoms. The summed E-state index contributed by atoms with van der Waals surface area (Å²) in [5.74, 6) is 1.41. The van der Waals surface area contributed by atoms with Crippen molar-refractivity contribution in [2.45, 2.75) is 62.6 Å². The molecule has 2 fully saturated rings. The molecule has 5 rings (SSSR count). The zero-order valence-electron chi connectivity index (χ0n) is 16.8. The largest absolute Gasteiger partial charge is 0.487 e. The van der Waals surface area contributed by atoms with Gasteiger partial charge >= 0.3 is 0 Å². The second-order valence-electron chi connectivity index (χ2n) is 8.91. The number of piperidine rings is 1. The number of pyridine rings is 1. The first-order valence-electron chi connectivity index (χ1n) is 10.9. The van der Waals surface area contributed by atoms with Crippen LogP contribution in [0.5, 0.6) is 5.75 Å². The third kappa shape index (κ3) is 4.30. The Balaban J connectivity index is 1.27. The number of carbonyl (C=O) groups excluding carboxylic acids is 1. The maximum atomic E-state index is 12.5. The smallest absolute Gasteiger partial charge is 0.220 e. The summed E-state index contributed by atoms with van der Waals surface area (Å²) in [6.45, 7) is 2.96. The fourth-order valence-corrected chi connectivity index (χ4v) is 4.84. The Morgan fingerprint density at radius 1 is 1.17 bits per heavy atom. The number of nitrogens with one attached hydrogen (secondary N) is 1. The van der Waals surface area contributed by atoms with Gasteiger partial charge in [-0.3, -0.25) is 14.7 Å². The van der Waals surface area contributed by atoms with Crippen LogP contribution in [0.15, 0.2) is 48.8 Å². The van der Waals surface area contributed by atoms with Crippen molar-refractivity contribution in [3.05, 3.63) is 59.9 Å². The normalized spacial score (nSPS) is 23.2. The Bertz CT molecular complexity index is 857. The summed E-state index contributed by atoms with van der Waals surface area (Å²) in [6, 6.07) is 12.9. The van der Waals surface area contributed by atoms with E-state index in [0.717, 1.165) is 57.5 Å². The van der Waals surface area contributed by atoms with Crippen molar-refractivity contribution in [2.24, 2.45) is 0 Å². The molecule has 3 aliphatic rings. The topological polar surface area (TPSA) is 54.5 Å². The summed E-state index contributed by atoms with van der Waals surface area (Å²) in [5, 5.41) is 3.16. The Kier molecular flexibility index (Phi) is 5.00. The number of hydrogen-bond acceptors (Lipinski definition) is 4. The second kappa shape index (κ2) is 7.79. The molecule has 29 heavy (non-hydrogen) atoms. The monoisotopic (exact) mass is 391 g/mol. The van der Waals surface area contributed by atoms with E-state index in [9.17, 15) is 4.79 Å². The lowest BCUT2D eigenvalue weighted by Crippen LogP contribution is -2.50. The summed E-state index contributed by atoms with van der Waals surface area (Å²) in [6.07, 6.45) is 9.54. The Labute approximate surface area is 172 Å². The van der Waals surface area contributed by atoms with Gasteiger partial charge in [0.05, 0.1) is 0 Å². The van der Waals surface area contributed by atoms with E-state index in [1.165, 1.54) is 11.1 Å². The number of carbonyl (C=O) groups is 1. The van der Waals surface area contributed by atoms with Crippen molar-refractivity contribution in [3.63, 3.8) is 0 Å². The lowest BCUT2D eigenvalue weighted by atomic mass is 9.76. The predicted molar refractivity (Wildman–Crippen MR) is 112 cm³/mol. The van der Waals surface area contributed by atoms with Gasteiger partial charge in [-0.1, -0.05) is 24.3 Å². The molecule has 0 bridgehead atoms. The van der Waals surface area contributed by atoms with Gasteiger partial charge in [0.15, 0.2) is 0 Å². The van der Waals surface area contributed by atoms with Gasteiger partial charge in [0.2, 0.25) is 5.91 Å². The fourth-order valence-electron chi connectivity index (χ4n) is 4.84. The number of ether oxygens (including phenoxy) is 1. The van der Waals surface area contributed by atoms with E-state index in [-0.39, 0.29) is 17.4 Å². The van der Waals surface area contributed by atoms with Crippen LogP contribution in [0.4, 0.5) is 0 Å². The van der Waals surface area contributed by atoms with Gasteiger partial charge in [0.1, 0.15) is 11.4 Å². The highest BCUT2D eigenvalue weighted by Gasteiger charge is 2.43. The number of likely N-dealkylation sites (tertiary alicyclic amines) is 1. The van der Waals surface area contributed by atoms with Gasteiger partial charge in [-0.25, -0.2) is 0 Å². The first kappa shape index (κ1) is 18.6. The molecule has 1 amide bonds. The van der Waals surface area contributed by atoms with Crippen molar-refractivity contribution in [2.75, 3.05) is 13.1 Å². The summed E-state index contributed by atoms with van der Waals surface area (Å²) >= 11 is 0. The molecular formula is C24H29N3O2. The number of nitrogens with zero attached hydrogens (tertiary/aromatic N) is 2. The lowest BCUT2D eigenvalue weighted by Gasteiger charge is -2.47. The maximum Gasteiger partial charge on any atom is 0.220 e. The van der Waals surface area contributed by atoms with Gasteiger partial charge < -0.3 is 10.1 Å². The van der Waals surface area contributed by atoms with Crippen LogP contribution in [0.2, 0.25) is 0 Å². The van der Waals surface area contributed by atoms with E-state index in [4.69, 9.17) is 4.74 Å². The molecule has 5 nitrogen and oxygen atoms in total. The maximum absolute atomic E-state index is 12.5. The number of rotatable bonds is 5. The molecule has 3 heterocycles. The zero-order chi connectivity index (χ0) is 19.7. The minimum atomic E-state index is -0.148. The molecule has 1 atom stereocenters. The van der Waals surface area contributed by atoms with Crippen molar-refractivity contribution in [3.8, 4) is 5.75 Å². The minimum absolute atomic E-state index is 0.148. The van der Waals surface area contributed by atoms with Crippen molar-refractivity contribution < 1.29 is 9.53 Å². The first-order chi connectivity index (χ1) is 14.2. The third-order valence-corrected chi connectivity index (χ3v) is 6.57. The molecular weight excluding hydrogens is 362 g/mol. The zero-order valence-corrected chi connectivity index (χ0v) is 16.8. The SMILES string of the molecule is O=C(C[C@@H]1CC2(CCN(Cc3cccnc3)CC2)Oc2ccccc21)NC1CC1. The van der Waals surface area contributed by atoms with Gasteiger partial charge in [-0.15, -0.1) is 0 Å². The number of para-hydroxylation sites is 1. The van der Waals surface area contributed by atoms with Crippen LogP contribution in [-0.2, 0) is 11.3 Å². The summed E-state index contributed by atoms with van der Waals surface area (Å²) < 4.78 is 6.59. The van der Waals surface area contributed by atoms with Crippen LogP contribution in [-0.4, -0.2) is 40.5 Å². The van der Waals surface area contributed by atoms with E-state index in [2.05, 4.69) is 39.5 Å². The molecule has 0 radical (unpaired) electrons. The van der Waals surface area contributed by atoms with E-state index in [0.29, 0.717) is 12.5 Å². The van der Waals surface area contributed by atoms with Gasteiger partial charge in [-0.2, -0.15) is 0 Å². The summed E-state index contributed by atoms with van der Waals surface area (Å²) in [5.41, 5.74) is 2.31. The Morgan fingerprint density at radius 3 is 2.76 bits per heavy atom. The molecule has 152 valence electrons. The molecule has 1 saturated heterocycles.